The number of para-hydroxylation sites is 2. The lowest BCUT2D eigenvalue weighted by Crippen LogP contribution is -1.91. The molecular formula is C19H12N4. The minimum absolute atomic E-state index is 0.922. The molecule has 0 fully saturated rings. The van der Waals surface area contributed by atoms with Crippen molar-refractivity contribution in [1.29, 1.82) is 0 Å². The van der Waals surface area contributed by atoms with E-state index in [9.17, 15) is 0 Å². The fourth-order valence-corrected chi connectivity index (χ4v) is 2.99. The van der Waals surface area contributed by atoms with Crippen LogP contribution in [0.3, 0.4) is 0 Å². The molecule has 0 unspecified atom stereocenters. The Balaban J connectivity index is 1.59. The molecule has 4 nitrogen and oxygen atoms in total. The molecule has 4 heteroatoms. The van der Waals surface area contributed by atoms with Crippen LogP contribution in [0.25, 0.3) is 27.8 Å². The van der Waals surface area contributed by atoms with E-state index >= 15 is 0 Å². The molecule has 2 heterocycles. The van der Waals surface area contributed by atoms with Gasteiger partial charge in [0.15, 0.2) is 0 Å². The Morgan fingerprint density at radius 3 is 2.57 bits per heavy atom. The summed E-state index contributed by atoms with van der Waals surface area (Å²) in [6.45, 7) is 0. The molecule has 0 N–H and O–H groups in total. The quantitative estimate of drug-likeness (QED) is 0.429. The van der Waals surface area contributed by atoms with Gasteiger partial charge in [0.05, 0.1) is 22.4 Å². The SMILES string of the molecule is c1ccc2c(c1)ncn2-c1ccc(-c2ccc3cc2N=N3)cc1. The zero-order valence-electron chi connectivity index (χ0n) is 12.2. The summed E-state index contributed by atoms with van der Waals surface area (Å²) in [7, 11) is 0. The molecule has 4 aromatic rings. The van der Waals surface area contributed by atoms with Crippen LogP contribution in [0.1, 0.15) is 0 Å². The van der Waals surface area contributed by atoms with Gasteiger partial charge in [-0.1, -0.05) is 24.3 Å². The zero-order chi connectivity index (χ0) is 15.2. The Kier molecular flexibility index (Phi) is 2.46. The van der Waals surface area contributed by atoms with Gasteiger partial charge < -0.3 is 0 Å². The van der Waals surface area contributed by atoms with Crippen molar-refractivity contribution in [2.45, 2.75) is 0 Å². The molecule has 1 aliphatic heterocycles. The highest BCUT2D eigenvalue weighted by Crippen LogP contribution is 2.38. The molecule has 5 rings (SSSR count). The van der Waals surface area contributed by atoms with E-state index in [4.69, 9.17) is 0 Å². The molecule has 0 aliphatic carbocycles. The van der Waals surface area contributed by atoms with Crippen molar-refractivity contribution in [2.24, 2.45) is 10.2 Å². The molecule has 0 saturated heterocycles. The first kappa shape index (κ1) is 12.3. The number of aromatic nitrogens is 2. The van der Waals surface area contributed by atoms with E-state index in [1.54, 1.807) is 0 Å². The maximum Gasteiger partial charge on any atom is 0.100 e. The number of hydrogen-bond acceptors (Lipinski definition) is 3. The van der Waals surface area contributed by atoms with E-state index in [-0.39, 0.29) is 0 Å². The Hall–Kier alpha value is -3.27. The number of imidazole rings is 1. The third kappa shape index (κ3) is 1.89. The summed E-state index contributed by atoms with van der Waals surface area (Å²) in [5.74, 6) is 0. The number of fused-ring (bicyclic) bond motifs is 3. The summed E-state index contributed by atoms with van der Waals surface area (Å²) in [6, 6.07) is 22.7. The van der Waals surface area contributed by atoms with Crippen LogP contribution in [0.15, 0.2) is 83.3 Å². The molecule has 3 aromatic carbocycles. The second-order valence-electron chi connectivity index (χ2n) is 5.55. The van der Waals surface area contributed by atoms with Gasteiger partial charge in [-0.15, -0.1) is 5.11 Å². The monoisotopic (exact) mass is 296 g/mol. The highest BCUT2D eigenvalue weighted by atomic mass is 15.1. The van der Waals surface area contributed by atoms with Gasteiger partial charge in [0.25, 0.3) is 0 Å². The molecule has 0 saturated carbocycles. The molecule has 108 valence electrons. The van der Waals surface area contributed by atoms with Gasteiger partial charge in [-0.2, -0.15) is 5.11 Å². The topological polar surface area (TPSA) is 42.5 Å². The maximum atomic E-state index is 4.45. The normalized spacial score (nSPS) is 12.2. The van der Waals surface area contributed by atoms with E-state index in [2.05, 4.69) is 56.2 Å². The van der Waals surface area contributed by atoms with E-state index in [0.29, 0.717) is 0 Å². The van der Waals surface area contributed by atoms with Crippen LogP contribution in [-0.2, 0) is 0 Å². The van der Waals surface area contributed by atoms with Crippen molar-refractivity contribution in [1.82, 2.24) is 9.55 Å². The fourth-order valence-electron chi connectivity index (χ4n) is 2.99. The van der Waals surface area contributed by atoms with Crippen LogP contribution in [0.2, 0.25) is 0 Å². The van der Waals surface area contributed by atoms with Gasteiger partial charge in [-0.25, -0.2) is 4.98 Å². The lowest BCUT2D eigenvalue weighted by Gasteiger charge is -2.07. The van der Waals surface area contributed by atoms with E-state index in [1.165, 1.54) is 0 Å². The second kappa shape index (κ2) is 4.61. The van der Waals surface area contributed by atoms with Crippen LogP contribution < -0.4 is 0 Å². The lowest BCUT2D eigenvalue weighted by atomic mass is 10.0. The summed E-state index contributed by atoms with van der Waals surface area (Å²) in [6.07, 6.45) is 1.86. The van der Waals surface area contributed by atoms with Crippen LogP contribution in [0, 0.1) is 0 Å². The van der Waals surface area contributed by atoms with Gasteiger partial charge >= 0.3 is 0 Å². The molecule has 2 bridgehead atoms. The zero-order valence-corrected chi connectivity index (χ0v) is 12.2. The van der Waals surface area contributed by atoms with Crippen molar-refractivity contribution < 1.29 is 0 Å². The van der Waals surface area contributed by atoms with Gasteiger partial charge in [0, 0.05) is 11.3 Å². The largest absolute Gasteiger partial charge is 0.299 e. The van der Waals surface area contributed by atoms with Gasteiger partial charge in [-0.05, 0) is 48.0 Å². The molecule has 1 aliphatic rings. The second-order valence-corrected chi connectivity index (χ2v) is 5.55. The average Bonchev–Trinajstić information content (AvgIpc) is 3.20. The van der Waals surface area contributed by atoms with Crippen LogP contribution in [-0.4, -0.2) is 9.55 Å². The van der Waals surface area contributed by atoms with Crippen molar-refractivity contribution in [3.8, 4) is 16.8 Å². The Bertz CT molecular complexity index is 1060. The van der Waals surface area contributed by atoms with E-state index < -0.39 is 0 Å². The van der Waals surface area contributed by atoms with Crippen LogP contribution in [0.5, 0.6) is 0 Å². The smallest absolute Gasteiger partial charge is 0.100 e. The molecule has 1 aromatic heterocycles. The first-order chi connectivity index (χ1) is 11.4. The van der Waals surface area contributed by atoms with Gasteiger partial charge in [0.1, 0.15) is 6.33 Å². The third-order valence-corrected chi connectivity index (χ3v) is 4.16. The number of azo groups is 1. The summed E-state index contributed by atoms with van der Waals surface area (Å²) >= 11 is 0. The molecule has 0 spiro atoms. The minimum Gasteiger partial charge on any atom is -0.299 e. The third-order valence-electron chi connectivity index (χ3n) is 4.16. The average molecular weight is 296 g/mol. The van der Waals surface area contributed by atoms with E-state index in [1.807, 2.05) is 36.7 Å². The summed E-state index contributed by atoms with van der Waals surface area (Å²) in [5.41, 5.74) is 7.31. The molecule has 0 atom stereocenters. The van der Waals surface area contributed by atoms with Crippen LogP contribution >= 0.6 is 0 Å². The van der Waals surface area contributed by atoms with Crippen molar-refractivity contribution in [3.63, 3.8) is 0 Å². The number of nitrogens with zero attached hydrogens (tertiary/aromatic N) is 4. The first-order valence-electron chi connectivity index (χ1n) is 7.47. The predicted octanol–water partition coefficient (Wildman–Crippen LogP) is 5.42. The molecule has 0 amide bonds. The summed E-state index contributed by atoms with van der Waals surface area (Å²) in [4.78, 5) is 4.45. The van der Waals surface area contributed by atoms with E-state index in [0.717, 1.165) is 39.2 Å². The minimum atomic E-state index is 0.922. The first-order valence-corrected chi connectivity index (χ1v) is 7.47. The molecular weight excluding hydrogens is 284 g/mol. The number of benzene rings is 3. The molecule has 23 heavy (non-hydrogen) atoms. The summed E-state index contributed by atoms with van der Waals surface area (Å²) < 4.78 is 2.10. The Labute approximate surface area is 132 Å². The predicted molar refractivity (Wildman–Crippen MR) is 90.7 cm³/mol. The van der Waals surface area contributed by atoms with Crippen molar-refractivity contribution in [3.05, 3.63) is 73.1 Å². The van der Waals surface area contributed by atoms with Crippen molar-refractivity contribution >= 4 is 22.4 Å². The fraction of sp³-hybridized carbons (Fsp3) is 0. The van der Waals surface area contributed by atoms with Crippen LogP contribution in [0.4, 0.5) is 11.4 Å². The number of rotatable bonds is 2. The summed E-state index contributed by atoms with van der Waals surface area (Å²) in [5, 5.41) is 8.30. The molecule has 0 radical (unpaired) electrons. The highest BCUT2D eigenvalue weighted by Gasteiger charge is 2.11. The van der Waals surface area contributed by atoms with Crippen molar-refractivity contribution in [2.75, 3.05) is 0 Å². The maximum absolute atomic E-state index is 4.45. The Morgan fingerprint density at radius 2 is 1.65 bits per heavy atom. The van der Waals surface area contributed by atoms with Gasteiger partial charge in [0.2, 0.25) is 0 Å². The standard InChI is InChI=1S/C19H12N4/c1-2-4-19-17(3-1)20-12-23(19)15-8-5-13(6-9-15)16-10-7-14-11-18(16)22-21-14/h1-12H. The Morgan fingerprint density at radius 1 is 0.783 bits per heavy atom. The van der Waals surface area contributed by atoms with Gasteiger partial charge in [-0.3, -0.25) is 4.57 Å². The number of hydrogen-bond donors (Lipinski definition) is 0. The lowest BCUT2D eigenvalue weighted by molar-refractivity contribution is 1.09. The highest BCUT2D eigenvalue weighted by molar-refractivity contribution is 5.81.